The summed E-state index contributed by atoms with van der Waals surface area (Å²) < 4.78 is 14.7. The lowest BCUT2D eigenvalue weighted by Crippen LogP contribution is -2.46. The number of benzene rings is 1. The highest BCUT2D eigenvalue weighted by atomic mass is 19.1. The second-order valence-corrected chi connectivity index (χ2v) is 7.39. The maximum absolute atomic E-state index is 14.7. The summed E-state index contributed by atoms with van der Waals surface area (Å²) in [4.78, 5) is 14.3. The van der Waals surface area contributed by atoms with E-state index in [4.69, 9.17) is 4.98 Å². The van der Waals surface area contributed by atoms with Crippen molar-refractivity contribution in [1.29, 1.82) is 0 Å². The average molecular weight is 394 g/mol. The number of likely N-dealkylation sites (N-methyl/N-ethyl adjacent to an activating group) is 1. The number of halogens is 1. The number of aliphatic hydroxyl groups is 1. The zero-order valence-electron chi connectivity index (χ0n) is 16.8. The van der Waals surface area contributed by atoms with E-state index >= 15 is 0 Å². The van der Waals surface area contributed by atoms with Crippen LogP contribution >= 0.6 is 0 Å². The van der Waals surface area contributed by atoms with Gasteiger partial charge < -0.3 is 14.9 Å². The van der Waals surface area contributed by atoms with Crippen molar-refractivity contribution in [3.63, 3.8) is 0 Å². The van der Waals surface area contributed by atoms with Crippen LogP contribution in [0.5, 0.6) is 0 Å². The topological polar surface area (TPSA) is 52.5 Å². The third kappa shape index (κ3) is 4.09. The fourth-order valence-electron chi connectivity index (χ4n) is 3.97. The summed E-state index contributed by atoms with van der Waals surface area (Å²) in [5.74, 6) is 0.862. The molecule has 4 rings (SSSR count). The van der Waals surface area contributed by atoms with E-state index in [9.17, 15) is 9.50 Å². The van der Waals surface area contributed by atoms with Crippen LogP contribution in [0.15, 0.2) is 48.7 Å². The van der Waals surface area contributed by atoms with Gasteiger partial charge >= 0.3 is 0 Å². The van der Waals surface area contributed by atoms with Crippen molar-refractivity contribution in [2.24, 2.45) is 0 Å². The molecule has 1 fully saturated rings. The van der Waals surface area contributed by atoms with Gasteiger partial charge in [0.1, 0.15) is 11.7 Å². The summed E-state index contributed by atoms with van der Waals surface area (Å²) in [5, 5.41) is 10.2. The third-order valence-corrected chi connectivity index (χ3v) is 5.65. The number of anilines is 1. The molecule has 1 aliphatic rings. The van der Waals surface area contributed by atoms with Gasteiger partial charge in [-0.25, -0.2) is 9.37 Å². The molecule has 0 bridgehead atoms. The highest BCUT2D eigenvalue weighted by Gasteiger charge is 2.22. The van der Waals surface area contributed by atoms with Gasteiger partial charge in [0.15, 0.2) is 5.82 Å². The van der Waals surface area contributed by atoms with Gasteiger partial charge in [0.05, 0.1) is 5.69 Å². The number of fused-ring (bicyclic) bond motifs is 1. The minimum absolute atomic E-state index is 0.0813. The lowest BCUT2D eigenvalue weighted by molar-refractivity contribution is 0.222. The van der Waals surface area contributed by atoms with Crippen molar-refractivity contribution < 1.29 is 9.50 Å². The van der Waals surface area contributed by atoms with Crippen molar-refractivity contribution in [2.45, 2.75) is 19.5 Å². The molecular formula is C23H27FN4O. The van der Waals surface area contributed by atoms with E-state index in [2.05, 4.69) is 21.7 Å². The largest absolute Gasteiger partial charge is 0.396 e. The lowest BCUT2D eigenvalue weighted by atomic mass is 9.98. The monoisotopic (exact) mass is 394 g/mol. The molecule has 29 heavy (non-hydrogen) atoms. The van der Waals surface area contributed by atoms with Gasteiger partial charge in [-0.1, -0.05) is 37.3 Å². The Morgan fingerprint density at radius 2 is 1.90 bits per heavy atom. The number of aliphatic hydroxyl groups excluding tert-OH is 1. The number of hydrogen-bond donors (Lipinski definition) is 1. The molecule has 0 radical (unpaired) electrons. The molecule has 3 aromatic rings. The first-order valence-electron chi connectivity index (χ1n) is 10.3. The Hall–Kier alpha value is -2.57. The number of pyridine rings is 2. The van der Waals surface area contributed by atoms with Crippen molar-refractivity contribution >= 4 is 16.7 Å². The molecule has 0 amide bonds. The Balaban J connectivity index is 1.80. The van der Waals surface area contributed by atoms with E-state index in [0.29, 0.717) is 5.56 Å². The Kier molecular flexibility index (Phi) is 6.02. The molecule has 1 unspecified atom stereocenters. The van der Waals surface area contributed by atoms with Crippen molar-refractivity contribution in [3.05, 3.63) is 54.2 Å². The second kappa shape index (κ2) is 8.84. The van der Waals surface area contributed by atoms with Crippen LogP contribution in [0, 0.1) is 0 Å². The zero-order chi connectivity index (χ0) is 20.2. The Morgan fingerprint density at radius 3 is 2.66 bits per heavy atom. The van der Waals surface area contributed by atoms with E-state index in [1.165, 1.54) is 0 Å². The fraction of sp³-hybridized carbons (Fsp3) is 0.391. The van der Waals surface area contributed by atoms with Crippen LogP contribution in [0.3, 0.4) is 0 Å². The molecule has 6 heteroatoms. The number of hydrogen-bond acceptors (Lipinski definition) is 5. The molecule has 5 nitrogen and oxygen atoms in total. The fourth-order valence-corrected chi connectivity index (χ4v) is 3.97. The number of nitrogens with zero attached hydrogens (tertiary/aromatic N) is 4. The Bertz CT molecular complexity index is 972. The molecule has 1 aromatic carbocycles. The number of piperazine rings is 1. The van der Waals surface area contributed by atoms with Gasteiger partial charge in [-0.05, 0) is 24.2 Å². The SMILES string of the molecule is CCN1CCN(c2nc(-c3ccccc3C(F)CCO)cc3cccnc23)CC1. The lowest BCUT2D eigenvalue weighted by Gasteiger charge is -2.35. The molecule has 0 saturated carbocycles. The van der Waals surface area contributed by atoms with Gasteiger partial charge in [0.25, 0.3) is 0 Å². The van der Waals surface area contributed by atoms with Crippen LogP contribution < -0.4 is 4.90 Å². The zero-order valence-corrected chi connectivity index (χ0v) is 16.8. The van der Waals surface area contributed by atoms with E-state index in [1.807, 2.05) is 36.4 Å². The molecule has 0 spiro atoms. The first-order chi connectivity index (χ1) is 14.2. The van der Waals surface area contributed by atoms with Crippen LogP contribution in [0.2, 0.25) is 0 Å². The Labute approximate surface area is 170 Å². The van der Waals surface area contributed by atoms with Crippen LogP contribution in [0.4, 0.5) is 10.2 Å². The van der Waals surface area contributed by atoms with Gasteiger partial charge in [-0.15, -0.1) is 0 Å². The maximum Gasteiger partial charge on any atom is 0.155 e. The second-order valence-electron chi connectivity index (χ2n) is 7.39. The summed E-state index contributed by atoms with van der Waals surface area (Å²) in [6.45, 7) is 6.84. The quantitative estimate of drug-likeness (QED) is 0.689. The summed E-state index contributed by atoms with van der Waals surface area (Å²) in [6, 6.07) is 13.4. The average Bonchev–Trinajstić information content (AvgIpc) is 2.78. The van der Waals surface area contributed by atoms with Crippen molar-refractivity contribution in [3.8, 4) is 11.3 Å². The van der Waals surface area contributed by atoms with Gasteiger partial charge in [-0.3, -0.25) is 4.98 Å². The molecule has 1 aliphatic heterocycles. The molecule has 152 valence electrons. The summed E-state index contributed by atoms with van der Waals surface area (Å²) in [7, 11) is 0. The van der Waals surface area contributed by atoms with Gasteiger partial charge in [-0.2, -0.15) is 0 Å². The number of alkyl halides is 1. The smallest absolute Gasteiger partial charge is 0.155 e. The number of rotatable bonds is 6. The van der Waals surface area contributed by atoms with E-state index in [1.54, 1.807) is 12.3 Å². The molecule has 1 saturated heterocycles. The third-order valence-electron chi connectivity index (χ3n) is 5.65. The highest BCUT2D eigenvalue weighted by molar-refractivity contribution is 5.92. The van der Waals surface area contributed by atoms with Crippen LogP contribution in [-0.2, 0) is 0 Å². The van der Waals surface area contributed by atoms with Gasteiger partial charge in [0.2, 0.25) is 0 Å². The summed E-state index contributed by atoms with van der Waals surface area (Å²) in [6.07, 6.45) is 0.652. The van der Waals surface area contributed by atoms with Crippen molar-refractivity contribution in [2.75, 3.05) is 44.2 Å². The first kappa shape index (κ1) is 19.7. The molecule has 1 N–H and O–H groups in total. The minimum atomic E-state index is -1.22. The van der Waals surface area contributed by atoms with E-state index in [-0.39, 0.29) is 13.0 Å². The van der Waals surface area contributed by atoms with E-state index < -0.39 is 6.17 Å². The predicted molar refractivity (Wildman–Crippen MR) is 115 cm³/mol. The predicted octanol–water partition coefficient (Wildman–Crippen LogP) is 3.83. The molecule has 0 aliphatic carbocycles. The van der Waals surface area contributed by atoms with Crippen molar-refractivity contribution in [1.82, 2.24) is 14.9 Å². The van der Waals surface area contributed by atoms with E-state index in [0.717, 1.165) is 60.7 Å². The molecule has 3 heterocycles. The highest BCUT2D eigenvalue weighted by Crippen LogP contribution is 2.34. The number of aromatic nitrogens is 2. The Morgan fingerprint density at radius 1 is 1.10 bits per heavy atom. The van der Waals surface area contributed by atoms with Crippen LogP contribution in [0.25, 0.3) is 22.2 Å². The normalized spacial score (nSPS) is 16.3. The maximum atomic E-state index is 14.7. The van der Waals surface area contributed by atoms with Crippen LogP contribution in [0.1, 0.15) is 25.1 Å². The summed E-state index contributed by atoms with van der Waals surface area (Å²) in [5.41, 5.74) is 2.96. The molecule has 1 atom stereocenters. The molecule has 2 aromatic heterocycles. The van der Waals surface area contributed by atoms with Crippen LogP contribution in [-0.4, -0.2) is 59.3 Å². The summed E-state index contributed by atoms with van der Waals surface area (Å²) >= 11 is 0. The minimum Gasteiger partial charge on any atom is -0.396 e. The standard InChI is InChI=1S/C23H27FN4O/c1-2-27-11-13-28(14-12-27)23-22-17(6-5-10-25-22)16-21(26-23)19-8-4-3-7-18(19)20(24)9-15-29/h3-8,10,16,20,29H,2,9,11-15H2,1H3. The van der Waals surface area contributed by atoms with Gasteiger partial charge in [0, 0.05) is 56.4 Å². The molecular weight excluding hydrogens is 367 g/mol. The first-order valence-corrected chi connectivity index (χ1v) is 10.3.